The Labute approximate surface area is 107 Å². The standard InChI is InChI=1S/C13H19N3O2/c1-18-12-3-6-16(7-4-12)13(17)10-2-5-15-11(8-10)9-14/h2,5,8,12H,3-4,6-7,9,14H2,1H3. The minimum absolute atomic E-state index is 0.0571. The summed E-state index contributed by atoms with van der Waals surface area (Å²) in [6.45, 7) is 1.85. The second kappa shape index (κ2) is 5.93. The Hall–Kier alpha value is -1.46. The molecule has 0 atom stereocenters. The van der Waals surface area contributed by atoms with E-state index >= 15 is 0 Å². The zero-order valence-electron chi connectivity index (χ0n) is 10.6. The van der Waals surface area contributed by atoms with Gasteiger partial charge in [0.1, 0.15) is 0 Å². The van der Waals surface area contributed by atoms with Crippen LogP contribution in [-0.4, -0.2) is 42.1 Å². The summed E-state index contributed by atoms with van der Waals surface area (Å²) >= 11 is 0. The first-order valence-corrected chi connectivity index (χ1v) is 6.21. The van der Waals surface area contributed by atoms with Gasteiger partial charge in [-0.25, -0.2) is 0 Å². The van der Waals surface area contributed by atoms with Gasteiger partial charge in [0, 0.05) is 38.5 Å². The molecule has 5 heteroatoms. The summed E-state index contributed by atoms with van der Waals surface area (Å²) in [6, 6.07) is 3.51. The van der Waals surface area contributed by atoms with Crippen LogP contribution in [-0.2, 0) is 11.3 Å². The molecule has 1 amide bonds. The van der Waals surface area contributed by atoms with Crippen molar-refractivity contribution in [2.75, 3.05) is 20.2 Å². The molecule has 0 saturated carbocycles. The van der Waals surface area contributed by atoms with Gasteiger partial charge in [0.2, 0.25) is 0 Å². The van der Waals surface area contributed by atoms with Crippen LogP contribution in [0.5, 0.6) is 0 Å². The number of carbonyl (C=O) groups is 1. The Morgan fingerprint density at radius 2 is 2.28 bits per heavy atom. The van der Waals surface area contributed by atoms with Crippen molar-refractivity contribution in [3.8, 4) is 0 Å². The maximum Gasteiger partial charge on any atom is 0.253 e. The molecule has 2 heterocycles. The molecule has 2 N–H and O–H groups in total. The molecule has 0 aromatic carbocycles. The maximum atomic E-state index is 12.3. The lowest BCUT2D eigenvalue weighted by molar-refractivity contribution is 0.0350. The van der Waals surface area contributed by atoms with Gasteiger partial charge >= 0.3 is 0 Å². The molecule has 98 valence electrons. The van der Waals surface area contributed by atoms with Gasteiger partial charge in [-0.05, 0) is 25.0 Å². The molecular formula is C13H19N3O2. The predicted octanol–water partition coefficient (Wildman–Crippen LogP) is 0.791. The summed E-state index contributed by atoms with van der Waals surface area (Å²) in [4.78, 5) is 18.2. The number of nitrogens with two attached hydrogens (primary N) is 1. The van der Waals surface area contributed by atoms with Gasteiger partial charge in [-0.2, -0.15) is 0 Å². The summed E-state index contributed by atoms with van der Waals surface area (Å²) < 4.78 is 5.30. The number of piperidine rings is 1. The monoisotopic (exact) mass is 249 g/mol. The van der Waals surface area contributed by atoms with E-state index in [2.05, 4.69) is 4.98 Å². The van der Waals surface area contributed by atoms with Gasteiger partial charge in [-0.15, -0.1) is 0 Å². The van der Waals surface area contributed by atoms with Crippen LogP contribution in [0.15, 0.2) is 18.3 Å². The van der Waals surface area contributed by atoms with Crippen molar-refractivity contribution < 1.29 is 9.53 Å². The molecule has 1 saturated heterocycles. The van der Waals surface area contributed by atoms with Crippen molar-refractivity contribution in [3.63, 3.8) is 0 Å². The molecule has 0 aliphatic carbocycles. The van der Waals surface area contributed by atoms with Crippen LogP contribution in [0.1, 0.15) is 28.9 Å². The predicted molar refractivity (Wildman–Crippen MR) is 68.1 cm³/mol. The third-order valence-electron chi connectivity index (χ3n) is 3.34. The molecule has 0 bridgehead atoms. The fourth-order valence-corrected chi connectivity index (χ4v) is 2.20. The fourth-order valence-electron chi connectivity index (χ4n) is 2.20. The van der Waals surface area contributed by atoms with Gasteiger partial charge in [-0.1, -0.05) is 0 Å². The first kappa shape index (κ1) is 13.0. The van der Waals surface area contributed by atoms with Gasteiger partial charge < -0.3 is 15.4 Å². The van der Waals surface area contributed by atoms with Crippen molar-refractivity contribution in [1.82, 2.24) is 9.88 Å². The number of nitrogens with zero attached hydrogens (tertiary/aromatic N) is 2. The van der Waals surface area contributed by atoms with Crippen molar-refractivity contribution in [1.29, 1.82) is 0 Å². The Morgan fingerprint density at radius 3 is 2.89 bits per heavy atom. The molecule has 1 aliphatic heterocycles. The largest absolute Gasteiger partial charge is 0.381 e. The smallest absolute Gasteiger partial charge is 0.253 e. The number of likely N-dealkylation sites (tertiary alicyclic amines) is 1. The van der Waals surface area contributed by atoms with Gasteiger partial charge in [-0.3, -0.25) is 9.78 Å². The van der Waals surface area contributed by atoms with E-state index in [9.17, 15) is 4.79 Å². The number of hydrogen-bond donors (Lipinski definition) is 1. The lowest BCUT2D eigenvalue weighted by Gasteiger charge is -2.31. The number of pyridine rings is 1. The Bertz CT molecular complexity index is 414. The molecule has 1 aliphatic rings. The Kier molecular flexibility index (Phi) is 4.28. The van der Waals surface area contributed by atoms with Crippen LogP contribution in [0.2, 0.25) is 0 Å². The lowest BCUT2D eigenvalue weighted by atomic mass is 10.1. The van der Waals surface area contributed by atoms with E-state index < -0.39 is 0 Å². The van der Waals surface area contributed by atoms with Crippen LogP contribution in [0.25, 0.3) is 0 Å². The fraction of sp³-hybridized carbons (Fsp3) is 0.538. The number of amides is 1. The summed E-state index contributed by atoms with van der Waals surface area (Å²) in [5, 5.41) is 0. The van der Waals surface area contributed by atoms with Crippen LogP contribution in [0.3, 0.4) is 0 Å². The average Bonchev–Trinajstić information content (AvgIpc) is 2.46. The molecule has 18 heavy (non-hydrogen) atoms. The molecule has 1 aromatic rings. The highest BCUT2D eigenvalue weighted by Crippen LogP contribution is 2.15. The number of rotatable bonds is 3. The van der Waals surface area contributed by atoms with E-state index in [0.717, 1.165) is 31.6 Å². The average molecular weight is 249 g/mol. The summed E-state index contributed by atoms with van der Waals surface area (Å²) in [5.41, 5.74) is 6.94. The first-order valence-electron chi connectivity index (χ1n) is 6.21. The minimum atomic E-state index is 0.0571. The molecule has 0 unspecified atom stereocenters. The highest BCUT2D eigenvalue weighted by atomic mass is 16.5. The molecule has 1 aromatic heterocycles. The molecule has 2 rings (SSSR count). The normalized spacial score (nSPS) is 16.9. The van der Waals surface area contributed by atoms with E-state index in [1.807, 2.05) is 4.90 Å². The second-order valence-electron chi connectivity index (χ2n) is 4.47. The zero-order chi connectivity index (χ0) is 13.0. The third-order valence-corrected chi connectivity index (χ3v) is 3.34. The third kappa shape index (κ3) is 2.86. The summed E-state index contributed by atoms with van der Waals surface area (Å²) in [7, 11) is 1.72. The van der Waals surface area contributed by atoms with E-state index in [-0.39, 0.29) is 12.0 Å². The molecule has 0 radical (unpaired) electrons. The molecule has 0 spiro atoms. The summed E-state index contributed by atoms with van der Waals surface area (Å²) in [5.74, 6) is 0.0571. The summed E-state index contributed by atoms with van der Waals surface area (Å²) in [6.07, 6.45) is 3.72. The highest BCUT2D eigenvalue weighted by Gasteiger charge is 2.23. The Morgan fingerprint density at radius 1 is 1.56 bits per heavy atom. The van der Waals surface area contributed by atoms with E-state index in [1.54, 1.807) is 25.4 Å². The van der Waals surface area contributed by atoms with Gasteiger partial charge in [0.25, 0.3) is 5.91 Å². The Balaban J connectivity index is 2.03. The SMILES string of the molecule is COC1CCN(C(=O)c2ccnc(CN)c2)CC1. The van der Waals surface area contributed by atoms with E-state index in [4.69, 9.17) is 10.5 Å². The topological polar surface area (TPSA) is 68.5 Å². The number of aromatic nitrogens is 1. The van der Waals surface area contributed by atoms with Crippen molar-refractivity contribution >= 4 is 5.91 Å². The second-order valence-corrected chi connectivity index (χ2v) is 4.47. The van der Waals surface area contributed by atoms with Crippen molar-refractivity contribution in [2.24, 2.45) is 5.73 Å². The number of carbonyl (C=O) groups excluding carboxylic acids is 1. The zero-order valence-corrected chi connectivity index (χ0v) is 10.6. The number of hydrogen-bond acceptors (Lipinski definition) is 4. The van der Waals surface area contributed by atoms with Gasteiger partial charge in [0.15, 0.2) is 0 Å². The van der Waals surface area contributed by atoms with Crippen LogP contribution >= 0.6 is 0 Å². The molecule has 1 fully saturated rings. The van der Waals surface area contributed by atoms with Crippen LogP contribution < -0.4 is 5.73 Å². The lowest BCUT2D eigenvalue weighted by Crippen LogP contribution is -2.40. The minimum Gasteiger partial charge on any atom is -0.381 e. The van der Waals surface area contributed by atoms with Crippen LogP contribution in [0, 0.1) is 0 Å². The molecule has 5 nitrogen and oxygen atoms in total. The van der Waals surface area contributed by atoms with E-state index in [0.29, 0.717) is 12.1 Å². The van der Waals surface area contributed by atoms with Crippen LogP contribution in [0.4, 0.5) is 0 Å². The number of methoxy groups -OCH3 is 1. The van der Waals surface area contributed by atoms with Crippen molar-refractivity contribution in [2.45, 2.75) is 25.5 Å². The highest BCUT2D eigenvalue weighted by molar-refractivity contribution is 5.94. The quantitative estimate of drug-likeness (QED) is 0.860. The first-order chi connectivity index (χ1) is 8.74. The van der Waals surface area contributed by atoms with Crippen molar-refractivity contribution in [3.05, 3.63) is 29.6 Å². The van der Waals surface area contributed by atoms with Gasteiger partial charge in [0.05, 0.1) is 11.8 Å². The maximum absolute atomic E-state index is 12.3. The van der Waals surface area contributed by atoms with E-state index in [1.165, 1.54) is 0 Å². The molecular weight excluding hydrogens is 230 g/mol. The number of ether oxygens (including phenoxy) is 1.